The first kappa shape index (κ1) is 13.5. The molecule has 4 nitrogen and oxygen atoms in total. The van der Waals surface area contributed by atoms with E-state index in [1.54, 1.807) is 4.90 Å². The molecule has 1 aliphatic heterocycles. The summed E-state index contributed by atoms with van der Waals surface area (Å²) in [4.78, 5) is 14.0. The molecule has 0 aromatic rings. The highest BCUT2D eigenvalue weighted by Gasteiger charge is 2.38. The third-order valence-corrected chi connectivity index (χ3v) is 2.61. The minimum Gasteiger partial charge on any atom is -0.394 e. The fourth-order valence-corrected chi connectivity index (χ4v) is 2.02. The van der Waals surface area contributed by atoms with Crippen molar-refractivity contribution < 1.29 is 14.6 Å². The molecule has 94 valence electrons. The molecule has 0 saturated carbocycles. The number of amides is 1. The predicted octanol–water partition coefficient (Wildman–Crippen LogP) is 1.03. The minimum atomic E-state index is -0.382. The van der Waals surface area contributed by atoms with Gasteiger partial charge in [0, 0.05) is 18.5 Å². The first-order valence-electron chi connectivity index (χ1n) is 5.74. The summed E-state index contributed by atoms with van der Waals surface area (Å²) in [5.41, 5.74) is -0.764. The van der Waals surface area contributed by atoms with Crippen molar-refractivity contribution in [1.29, 1.82) is 0 Å². The van der Waals surface area contributed by atoms with Crippen molar-refractivity contribution in [2.24, 2.45) is 5.41 Å². The largest absolute Gasteiger partial charge is 0.394 e. The Kier molecular flexibility index (Phi) is 3.65. The molecule has 1 fully saturated rings. The molecular formula is C12H23NO3. The Morgan fingerprint density at radius 1 is 1.50 bits per heavy atom. The van der Waals surface area contributed by atoms with Crippen molar-refractivity contribution in [2.75, 3.05) is 19.7 Å². The second kappa shape index (κ2) is 4.34. The number of rotatable bonds is 1. The molecule has 0 radical (unpaired) electrons. The van der Waals surface area contributed by atoms with E-state index in [-0.39, 0.29) is 29.6 Å². The molecule has 4 heteroatoms. The van der Waals surface area contributed by atoms with Crippen molar-refractivity contribution in [3.05, 3.63) is 0 Å². The van der Waals surface area contributed by atoms with Gasteiger partial charge < -0.3 is 14.7 Å². The third-order valence-electron chi connectivity index (χ3n) is 2.61. The fourth-order valence-electron chi connectivity index (χ4n) is 2.02. The van der Waals surface area contributed by atoms with E-state index >= 15 is 0 Å². The van der Waals surface area contributed by atoms with Crippen molar-refractivity contribution in [1.82, 2.24) is 4.90 Å². The smallest absolute Gasteiger partial charge is 0.228 e. The number of morpholine rings is 1. The Morgan fingerprint density at radius 2 is 2.06 bits per heavy atom. The van der Waals surface area contributed by atoms with E-state index in [1.807, 2.05) is 34.6 Å². The van der Waals surface area contributed by atoms with Crippen molar-refractivity contribution in [3.8, 4) is 0 Å². The molecule has 0 aliphatic carbocycles. The van der Waals surface area contributed by atoms with Crippen LogP contribution in [0.5, 0.6) is 0 Å². The zero-order valence-electron chi connectivity index (χ0n) is 10.9. The van der Waals surface area contributed by atoms with Gasteiger partial charge >= 0.3 is 0 Å². The quantitative estimate of drug-likeness (QED) is 0.730. The van der Waals surface area contributed by atoms with E-state index in [4.69, 9.17) is 9.84 Å². The molecule has 1 unspecified atom stereocenters. The lowest BCUT2D eigenvalue weighted by atomic mass is 9.93. The molecule has 1 saturated heterocycles. The molecule has 0 aromatic carbocycles. The Balaban J connectivity index is 2.78. The fraction of sp³-hybridized carbons (Fsp3) is 0.917. The summed E-state index contributed by atoms with van der Waals surface area (Å²) in [6.07, 6.45) is -0.268. The number of ether oxygens (including phenoxy) is 1. The highest BCUT2D eigenvalue weighted by Crippen LogP contribution is 2.25. The number of aliphatic hydroxyl groups is 1. The Morgan fingerprint density at radius 3 is 2.50 bits per heavy atom. The highest BCUT2D eigenvalue weighted by atomic mass is 16.5. The zero-order chi connectivity index (χ0) is 12.6. The van der Waals surface area contributed by atoms with E-state index in [1.165, 1.54) is 0 Å². The van der Waals surface area contributed by atoms with Gasteiger partial charge in [0.15, 0.2) is 0 Å². The van der Waals surface area contributed by atoms with Gasteiger partial charge in [0.05, 0.1) is 18.3 Å². The van der Waals surface area contributed by atoms with Crippen LogP contribution in [0, 0.1) is 5.41 Å². The maximum Gasteiger partial charge on any atom is 0.228 e. The standard InChI is InChI=1S/C12H23NO3/c1-11(2,3)10(15)13-6-9(7-14)16-12(4,5)8-13/h9,14H,6-8H2,1-5H3. The summed E-state index contributed by atoms with van der Waals surface area (Å²) in [7, 11) is 0. The van der Waals surface area contributed by atoms with E-state index < -0.39 is 0 Å². The van der Waals surface area contributed by atoms with E-state index in [0.717, 1.165) is 0 Å². The maximum atomic E-state index is 12.2. The summed E-state index contributed by atoms with van der Waals surface area (Å²) in [6, 6.07) is 0. The molecule has 0 bridgehead atoms. The topological polar surface area (TPSA) is 49.8 Å². The number of carbonyl (C=O) groups excluding carboxylic acids is 1. The molecule has 1 amide bonds. The van der Waals surface area contributed by atoms with Crippen molar-refractivity contribution in [2.45, 2.75) is 46.3 Å². The Bertz CT molecular complexity index is 268. The van der Waals surface area contributed by atoms with Gasteiger partial charge in [0.25, 0.3) is 0 Å². The van der Waals surface area contributed by atoms with Gasteiger partial charge in [0.2, 0.25) is 5.91 Å². The van der Waals surface area contributed by atoms with Crippen LogP contribution in [0.25, 0.3) is 0 Å². The SMILES string of the molecule is CC1(C)CN(C(=O)C(C)(C)C)CC(CO)O1. The number of nitrogens with zero attached hydrogens (tertiary/aromatic N) is 1. The van der Waals surface area contributed by atoms with E-state index in [0.29, 0.717) is 13.1 Å². The monoisotopic (exact) mass is 229 g/mol. The summed E-state index contributed by atoms with van der Waals surface area (Å²) in [5.74, 6) is 0.113. The summed E-state index contributed by atoms with van der Waals surface area (Å²) in [5, 5.41) is 9.16. The molecule has 16 heavy (non-hydrogen) atoms. The first-order valence-corrected chi connectivity index (χ1v) is 5.74. The van der Waals surface area contributed by atoms with Crippen LogP contribution in [-0.4, -0.2) is 47.3 Å². The van der Waals surface area contributed by atoms with Gasteiger partial charge in [-0.2, -0.15) is 0 Å². The van der Waals surface area contributed by atoms with Crippen molar-refractivity contribution >= 4 is 5.91 Å². The number of aliphatic hydroxyl groups excluding tert-OH is 1. The lowest BCUT2D eigenvalue weighted by Crippen LogP contribution is -2.57. The van der Waals surface area contributed by atoms with Crippen LogP contribution in [0.1, 0.15) is 34.6 Å². The van der Waals surface area contributed by atoms with Crippen LogP contribution in [0.2, 0.25) is 0 Å². The van der Waals surface area contributed by atoms with Gasteiger partial charge in [-0.1, -0.05) is 20.8 Å². The van der Waals surface area contributed by atoms with Crippen LogP contribution in [0.15, 0.2) is 0 Å². The van der Waals surface area contributed by atoms with Crippen LogP contribution in [-0.2, 0) is 9.53 Å². The van der Waals surface area contributed by atoms with Crippen LogP contribution < -0.4 is 0 Å². The van der Waals surface area contributed by atoms with E-state index in [2.05, 4.69) is 0 Å². The van der Waals surface area contributed by atoms with Gasteiger partial charge in [-0.05, 0) is 13.8 Å². The van der Waals surface area contributed by atoms with Gasteiger partial charge in [-0.15, -0.1) is 0 Å². The molecule has 1 rings (SSSR count). The van der Waals surface area contributed by atoms with Crippen LogP contribution >= 0.6 is 0 Å². The zero-order valence-corrected chi connectivity index (χ0v) is 10.9. The Labute approximate surface area is 97.6 Å². The molecule has 0 spiro atoms. The predicted molar refractivity (Wildman–Crippen MR) is 62.1 cm³/mol. The second-order valence-corrected chi connectivity index (χ2v) is 6.12. The molecule has 0 aromatic heterocycles. The summed E-state index contributed by atoms with van der Waals surface area (Å²) >= 11 is 0. The Hall–Kier alpha value is -0.610. The van der Waals surface area contributed by atoms with Gasteiger partial charge in [-0.3, -0.25) is 4.79 Å². The third kappa shape index (κ3) is 3.19. The number of carbonyl (C=O) groups is 1. The molecule has 1 N–H and O–H groups in total. The maximum absolute atomic E-state index is 12.2. The minimum absolute atomic E-state index is 0.0443. The number of hydrogen-bond donors (Lipinski definition) is 1. The van der Waals surface area contributed by atoms with Crippen LogP contribution in [0.4, 0.5) is 0 Å². The normalized spacial score (nSPS) is 25.6. The summed E-state index contributed by atoms with van der Waals surface area (Å²) < 4.78 is 5.67. The lowest BCUT2D eigenvalue weighted by Gasteiger charge is -2.44. The van der Waals surface area contributed by atoms with Gasteiger partial charge in [0.1, 0.15) is 0 Å². The van der Waals surface area contributed by atoms with Gasteiger partial charge in [-0.25, -0.2) is 0 Å². The second-order valence-electron chi connectivity index (χ2n) is 6.12. The average Bonchev–Trinajstić information content (AvgIpc) is 2.12. The highest BCUT2D eigenvalue weighted by molar-refractivity contribution is 5.81. The van der Waals surface area contributed by atoms with E-state index in [9.17, 15) is 4.79 Å². The molecule has 1 atom stereocenters. The summed E-state index contributed by atoms with van der Waals surface area (Å²) in [6.45, 7) is 10.6. The van der Waals surface area contributed by atoms with Crippen molar-refractivity contribution in [3.63, 3.8) is 0 Å². The number of hydrogen-bond acceptors (Lipinski definition) is 3. The van der Waals surface area contributed by atoms with Crippen LogP contribution in [0.3, 0.4) is 0 Å². The lowest BCUT2D eigenvalue weighted by molar-refractivity contribution is -0.172. The first-order chi connectivity index (χ1) is 7.15. The molecular weight excluding hydrogens is 206 g/mol. The average molecular weight is 229 g/mol. The molecule has 1 heterocycles. The molecule has 1 aliphatic rings.